The molecule has 6 nitrogen and oxygen atoms in total. The molecule has 20 heavy (non-hydrogen) atoms. The summed E-state index contributed by atoms with van der Waals surface area (Å²) < 4.78 is 10.5. The van der Waals surface area contributed by atoms with E-state index in [4.69, 9.17) is 9.47 Å². The number of hydrogen-bond donors (Lipinski definition) is 2. The molecule has 3 rings (SSSR count). The van der Waals surface area contributed by atoms with Crippen LogP contribution in [0.15, 0.2) is 59.5 Å². The quantitative estimate of drug-likeness (QED) is 0.646. The molecule has 0 amide bonds. The van der Waals surface area contributed by atoms with E-state index in [2.05, 4.69) is 0 Å². The zero-order valence-electron chi connectivity index (χ0n) is 10.1. The number of aliphatic hydroxyl groups is 2. The maximum Gasteiger partial charge on any atom is 0.199 e. The van der Waals surface area contributed by atoms with Crippen LogP contribution in [0.3, 0.4) is 0 Å². The zero-order chi connectivity index (χ0) is 14.3. The van der Waals surface area contributed by atoms with Gasteiger partial charge in [-0.3, -0.25) is 9.59 Å². The topological polar surface area (TPSA) is 93.1 Å². The third-order valence-electron chi connectivity index (χ3n) is 3.12. The summed E-state index contributed by atoms with van der Waals surface area (Å²) in [7, 11) is 0. The van der Waals surface area contributed by atoms with E-state index in [1.165, 1.54) is 18.6 Å². The minimum Gasteiger partial charge on any atom is -0.461 e. The van der Waals surface area contributed by atoms with Gasteiger partial charge in [-0.05, 0) is 18.2 Å². The first-order valence-electron chi connectivity index (χ1n) is 5.88. The van der Waals surface area contributed by atoms with Crippen molar-refractivity contribution in [2.45, 2.75) is 12.2 Å². The Morgan fingerprint density at radius 1 is 0.900 bits per heavy atom. The summed E-state index contributed by atoms with van der Waals surface area (Å²) in [6.07, 6.45) is 5.24. The molecule has 102 valence electrons. The third-order valence-corrected chi connectivity index (χ3v) is 3.12. The van der Waals surface area contributed by atoms with Gasteiger partial charge in [0.05, 0.1) is 18.1 Å². The number of carbonyl (C=O) groups is 2. The first kappa shape index (κ1) is 12.6. The molecule has 0 bridgehead atoms. The van der Waals surface area contributed by atoms with Gasteiger partial charge < -0.3 is 19.7 Å². The fourth-order valence-electron chi connectivity index (χ4n) is 2.13. The van der Waals surface area contributed by atoms with Crippen LogP contribution < -0.4 is 0 Å². The molecule has 0 fully saturated rings. The molecule has 0 aromatic rings. The SMILES string of the molecule is O=C1C2=C(C(=O)C(O)C1O)C(=C1C=CC=CO1)OC=C2. The minimum absolute atomic E-state index is 0.00750. The van der Waals surface area contributed by atoms with E-state index in [1.54, 1.807) is 18.2 Å². The average molecular weight is 274 g/mol. The largest absolute Gasteiger partial charge is 0.461 e. The van der Waals surface area contributed by atoms with E-state index < -0.39 is 23.8 Å². The lowest BCUT2D eigenvalue weighted by molar-refractivity contribution is -0.141. The van der Waals surface area contributed by atoms with Crippen LogP contribution in [-0.2, 0) is 19.1 Å². The van der Waals surface area contributed by atoms with Crippen molar-refractivity contribution in [1.82, 2.24) is 0 Å². The molecule has 0 radical (unpaired) electrons. The Labute approximate surface area is 113 Å². The van der Waals surface area contributed by atoms with Crippen molar-refractivity contribution in [3.8, 4) is 0 Å². The molecule has 0 saturated carbocycles. The first-order chi connectivity index (χ1) is 9.61. The van der Waals surface area contributed by atoms with E-state index >= 15 is 0 Å². The number of aliphatic hydroxyl groups excluding tert-OH is 2. The number of ether oxygens (including phenoxy) is 2. The molecule has 3 aliphatic rings. The molecule has 0 aromatic carbocycles. The van der Waals surface area contributed by atoms with Gasteiger partial charge in [0.15, 0.2) is 35.3 Å². The van der Waals surface area contributed by atoms with E-state index in [9.17, 15) is 19.8 Å². The Morgan fingerprint density at radius 3 is 2.35 bits per heavy atom. The van der Waals surface area contributed by atoms with E-state index in [1.807, 2.05) is 0 Å². The van der Waals surface area contributed by atoms with Gasteiger partial charge in [0.2, 0.25) is 0 Å². The lowest BCUT2D eigenvalue weighted by Gasteiger charge is -2.28. The van der Waals surface area contributed by atoms with E-state index in [0.717, 1.165) is 0 Å². The van der Waals surface area contributed by atoms with Crippen molar-refractivity contribution < 1.29 is 29.3 Å². The van der Waals surface area contributed by atoms with Crippen molar-refractivity contribution in [3.05, 3.63) is 59.5 Å². The Balaban J connectivity index is 2.18. The fourth-order valence-corrected chi connectivity index (χ4v) is 2.13. The van der Waals surface area contributed by atoms with Gasteiger partial charge in [-0.1, -0.05) is 6.08 Å². The predicted molar refractivity (Wildman–Crippen MR) is 65.7 cm³/mol. The van der Waals surface area contributed by atoms with Crippen molar-refractivity contribution in [3.63, 3.8) is 0 Å². The second-order valence-corrected chi connectivity index (χ2v) is 4.33. The molecule has 2 heterocycles. The second kappa shape index (κ2) is 4.59. The van der Waals surface area contributed by atoms with E-state index in [-0.39, 0.29) is 22.7 Å². The highest BCUT2D eigenvalue weighted by molar-refractivity contribution is 6.19. The molecule has 2 N–H and O–H groups in total. The second-order valence-electron chi connectivity index (χ2n) is 4.33. The van der Waals surface area contributed by atoms with E-state index in [0.29, 0.717) is 0 Å². The van der Waals surface area contributed by atoms with Gasteiger partial charge in [-0.25, -0.2) is 0 Å². The summed E-state index contributed by atoms with van der Waals surface area (Å²) in [5.41, 5.74) is -0.0710. The molecule has 0 aromatic heterocycles. The monoisotopic (exact) mass is 274 g/mol. The summed E-state index contributed by atoms with van der Waals surface area (Å²) >= 11 is 0. The molecule has 0 spiro atoms. The van der Waals surface area contributed by atoms with Crippen LogP contribution in [-0.4, -0.2) is 34.0 Å². The van der Waals surface area contributed by atoms with Crippen molar-refractivity contribution >= 4 is 11.6 Å². The maximum absolute atomic E-state index is 12.1. The normalized spacial score (nSPS) is 32.1. The number of allylic oxidation sites excluding steroid dienone is 5. The molecule has 0 saturated heterocycles. The highest BCUT2D eigenvalue weighted by Crippen LogP contribution is 2.33. The van der Waals surface area contributed by atoms with Gasteiger partial charge >= 0.3 is 0 Å². The Morgan fingerprint density at radius 2 is 1.65 bits per heavy atom. The third kappa shape index (κ3) is 1.74. The molecule has 1 aliphatic carbocycles. The van der Waals surface area contributed by atoms with Gasteiger partial charge in [0.25, 0.3) is 0 Å². The number of rotatable bonds is 0. The molecule has 2 aliphatic heterocycles. The smallest absolute Gasteiger partial charge is 0.199 e. The van der Waals surface area contributed by atoms with Gasteiger partial charge in [-0.2, -0.15) is 0 Å². The first-order valence-corrected chi connectivity index (χ1v) is 5.88. The minimum atomic E-state index is -1.80. The van der Waals surface area contributed by atoms with Crippen molar-refractivity contribution in [2.24, 2.45) is 0 Å². The van der Waals surface area contributed by atoms with Crippen LogP contribution in [0, 0.1) is 0 Å². The van der Waals surface area contributed by atoms with Crippen LogP contribution >= 0.6 is 0 Å². The van der Waals surface area contributed by atoms with Gasteiger partial charge in [0.1, 0.15) is 0 Å². The van der Waals surface area contributed by atoms with Crippen LogP contribution in [0.2, 0.25) is 0 Å². The fraction of sp³-hybridized carbons (Fsp3) is 0.143. The van der Waals surface area contributed by atoms with Crippen LogP contribution in [0.1, 0.15) is 0 Å². The average Bonchev–Trinajstić information content (AvgIpc) is 2.51. The number of carbonyl (C=O) groups excluding carboxylic acids is 2. The zero-order valence-corrected chi connectivity index (χ0v) is 10.1. The highest BCUT2D eigenvalue weighted by Gasteiger charge is 2.44. The van der Waals surface area contributed by atoms with Gasteiger partial charge in [-0.15, -0.1) is 0 Å². The van der Waals surface area contributed by atoms with Crippen LogP contribution in [0.25, 0.3) is 0 Å². The van der Waals surface area contributed by atoms with Gasteiger partial charge in [0, 0.05) is 5.57 Å². The summed E-state index contributed by atoms with van der Waals surface area (Å²) in [6.45, 7) is 0. The molecular formula is C14H10O6. The summed E-state index contributed by atoms with van der Waals surface area (Å²) in [6, 6.07) is 0. The maximum atomic E-state index is 12.1. The Kier molecular flexibility index (Phi) is 2.89. The standard InChI is InChI=1S/C14H10O6/c15-10-7-4-6-20-14(8-3-1-2-5-19-8)9(7)11(16)13(18)12(10)17/h1-6,12-13,17-18H. The summed E-state index contributed by atoms with van der Waals surface area (Å²) in [5, 5.41) is 19.2. The van der Waals surface area contributed by atoms with Crippen molar-refractivity contribution in [2.75, 3.05) is 0 Å². The Bertz CT molecular complexity index is 647. The Hall–Kier alpha value is -2.44. The number of Topliss-reactive ketones (excluding diaryl/α,β-unsaturated/α-hetero) is 2. The summed E-state index contributed by atoms with van der Waals surface area (Å²) in [5.74, 6) is -1.20. The molecular weight excluding hydrogens is 264 g/mol. The predicted octanol–water partition coefficient (Wildman–Crippen LogP) is 0.0122. The van der Waals surface area contributed by atoms with Crippen molar-refractivity contribution in [1.29, 1.82) is 0 Å². The number of hydrogen-bond acceptors (Lipinski definition) is 6. The molecule has 6 heteroatoms. The van der Waals surface area contributed by atoms with Crippen LogP contribution in [0.5, 0.6) is 0 Å². The lowest BCUT2D eigenvalue weighted by atomic mass is 9.83. The summed E-state index contributed by atoms with van der Waals surface area (Å²) in [4.78, 5) is 24.0. The lowest BCUT2D eigenvalue weighted by Crippen LogP contribution is -2.46. The molecule has 2 unspecified atom stereocenters. The number of ketones is 2. The highest BCUT2D eigenvalue weighted by atomic mass is 16.5. The van der Waals surface area contributed by atoms with Crippen LogP contribution in [0.4, 0.5) is 0 Å². The molecule has 2 atom stereocenters.